The molecular weight excluding hydrogens is 334 g/mol. The monoisotopic (exact) mass is 349 g/mol. The van der Waals surface area contributed by atoms with Gasteiger partial charge < -0.3 is 10.3 Å². The van der Waals surface area contributed by atoms with E-state index in [0.29, 0.717) is 12.1 Å². The normalized spacial score (nSPS) is 22.0. The molecular formula is C16H16BrNO3. The molecule has 0 radical (unpaired) electrons. The number of allylic oxidation sites excluding steroid dienone is 4. The summed E-state index contributed by atoms with van der Waals surface area (Å²) in [6.45, 7) is 0. The Morgan fingerprint density at radius 2 is 2.00 bits per heavy atom. The second kappa shape index (κ2) is 6.72. The van der Waals surface area contributed by atoms with Gasteiger partial charge in [0, 0.05) is 6.42 Å². The number of oxime groups is 1. The van der Waals surface area contributed by atoms with Gasteiger partial charge in [-0.2, -0.15) is 0 Å². The van der Waals surface area contributed by atoms with Crippen LogP contribution < -0.4 is 0 Å². The second-order valence-corrected chi connectivity index (χ2v) is 6.28. The first-order valence-corrected chi connectivity index (χ1v) is 7.41. The van der Waals surface area contributed by atoms with Crippen molar-refractivity contribution in [1.82, 2.24) is 0 Å². The summed E-state index contributed by atoms with van der Waals surface area (Å²) in [4.78, 5) is 10.7. The van der Waals surface area contributed by atoms with Gasteiger partial charge in [-0.1, -0.05) is 69.6 Å². The summed E-state index contributed by atoms with van der Waals surface area (Å²) in [5.41, 5.74) is 2.64. The Labute approximate surface area is 131 Å². The summed E-state index contributed by atoms with van der Waals surface area (Å²) in [6.07, 6.45) is 6.67. The predicted octanol–water partition coefficient (Wildman–Crippen LogP) is 3.86. The van der Waals surface area contributed by atoms with Crippen molar-refractivity contribution >= 4 is 33.2 Å². The van der Waals surface area contributed by atoms with Crippen molar-refractivity contribution in [3.63, 3.8) is 0 Å². The van der Waals surface area contributed by atoms with Crippen LogP contribution in [0.25, 0.3) is 5.57 Å². The van der Waals surface area contributed by atoms with Gasteiger partial charge >= 0.3 is 5.97 Å². The zero-order valence-corrected chi connectivity index (χ0v) is 13.0. The van der Waals surface area contributed by atoms with Gasteiger partial charge in [0.15, 0.2) is 0 Å². The van der Waals surface area contributed by atoms with Crippen LogP contribution in [0.4, 0.5) is 0 Å². The molecule has 1 aliphatic rings. The first kappa shape index (κ1) is 15.5. The lowest BCUT2D eigenvalue weighted by Crippen LogP contribution is -2.31. The molecule has 2 N–H and O–H groups in total. The van der Waals surface area contributed by atoms with E-state index in [-0.39, 0.29) is 12.8 Å². The zero-order valence-electron chi connectivity index (χ0n) is 11.4. The largest absolute Gasteiger partial charge is 0.481 e. The van der Waals surface area contributed by atoms with Crippen LogP contribution in [0.2, 0.25) is 0 Å². The maximum absolute atomic E-state index is 10.7. The number of hydrogen-bond donors (Lipinski definition) is 2. The number of halogens is 1. The van der Waals surface area contributed by atoms with E-state index in [1.54, 1.807) is 0 Å². The molecule has 0 bridgehead atoms. The van der Waals surface area contributed by atoms with E-state index in [1.807, 2.05) is 42.5 Å². The van der Waals surface area contributed by atoms with E-state index in [1.165, 1.54) is 0 Å². The smallest absolute Gasteiger partial charge is 0.303 e. The van der Waals surface area contributed by atoms with Gasteiger partial charge in [-0.05, 0) is 17.6 Å². The van der Waals surface area contributed by atoms with Gasteiger partial charge in [0.1, 0.15) is 0 Å². The third kappa shape index (κ3) is 3.82. The molecule has 1 aromatic rings. The lowest BCUT2D eigenvalue weighted by Gasteiger charge is -2.26. The Hall–Kier alpha value is -1.88. The summed E-state index contributed by atoms with van der Waals surface area (Å²) in [7, 11) is 0. The van der Waals surface area contributed by atoms with Gasteiger partial charge in [-0.3, -0.25) is 4.79 Å². The minimum atomic E-state index is -0.910. The fourth-order valence-electron chi connectivity index (χ4n) is 2.24. The average molecular weight is 350 g/mol. The third-order valence-electron chi connectivity index (χ3n) is 3.43. The van der Waals surface area contributed by atoms with E-state index < -0.39 is 10.3 Å². The van der Waals surface area contributed by atoms with Crippen molar-refractivity contribution in [3.8, 4) is 0 Å². The zero-order chi connectivity index (χ0) is 15.3. The number of nitrogens with zero attached hydrogens (tertiary/aromatic N) is 1. The lowest BCUT2D eigenvalue weighted by atomic mass is 9.88. The van der Waals surface area contributed by atoms with Crippen molar-refractivity contribution in [3.05, 3.63) is 54.1 Å². The fraction of sp³-hybridized carbons (Fsp3) is 0.250. The van der Waals surface area contributed by atoms with E-state index in [2.05, 4.69) is 27.2 Å². The highest BCUT2D eigenvalue weighted by atomic mass is 79.9. The number of carboxylic acid groups (broad SMARTS) is 1. The number of aliphatic carboxylic acids is 1. The number of benzene rings is 1. The molecule has 1 aliphatic carbocycles. The molecule has 4 nitrogen and oxygen atoms in total. The first-order chi connectivity index (χ1) is 10.0. The number of hydrogen-bond acceptors (Lipinski definition) is 3. The first-order valence-electron chi connectivity index (χ1n) is 6.62. The molecule has 0 saturated heterocycles. The second-order valence-electron chi connectivity index (χ2n) is 4.87. The van der Waals surface area contributed by atoms with E-state index in [9.17, 15) is 4.79 Å². The Morgan fingerprint density at radius 1 is 1.29 bits per heavy atom. The van der Waals surface area contributed by atoms with Crippen molar-refractivity contribution in [2.75, 3.05) is 0 Å². The van der Waals surface area contributed by atoms with Crippen molar-refractivity contribution < 1.29 is 15.1 Å². The number of carboxylic acids is 1. The van der Waals surface area contributed by atoms with E-state index in [0.717, 1.165) is 11.1 Å². The number of rotatable bonds is 5. The van der Waals surface area contributed by atoms with Gasteiger partial charge in [-0.15, -0.1) is 0 Å². The number of alkyl halides is 1. The molecule has 0 amide bonds. The Bertz CT molecular complexity index is 607. The molecule has 1 atom stereocenters. The topological polar surface area (TPSA) is 69.9 Å². The summed E-state index contributed by atoms with van der Waals surface area (Å²) < 4.78 is -0.616. The molecule has 0 spiro atoms. The standard InChI is InChI=1S/C16H16BrNO3/c17-16(14(18-21)6-7-15(19)20)10-8-13(9-11-16)12-4-2-1-3-5-12/h1-5,8-10,21H,6-7,11H2,(H,19,20). The van der Waals surface area contributed by atoms with Gasteiger partial charge in [-0.25, -0.2) is 0 Å². The Morgan fingerprint density at radius 3 is 2.52 bits per heavy atom. The van der Waals surface area contributed by atoms with Gasteiger partial charge in [0.25, 0.3) is 0 Å². The summed E-state index contributed by atoms with van der Waals surface area (Å²) in [6, 6.07) is 9.99. The molecule has 2 rings (SSSR count). The Balaban J connectivity index is 2.13. The van der Waals surface area contributed by atoms with Crippen LogP contribution in [-0.2, 0) is 4.79 Å². The SMILES string of the molecule is O=C(O)CCC(=NO)C1(Br)C=CC(c2ccccc2)=CC1. The Kier molecular flexibility index (Phi) is 4.96. The van der Waals surface area contributed by atoms with Crippen molar-refractivity contribution in [2.24, 2.45) is 5.16 Å². The lowest BCUT2D eigenvalue weighted by molar-refractivity contribution is -0.136. The van der Waals surface area contributed by atoms with Crippen LogP contribution in [0, 0.1) is 0 Å². The average Bonchev–Trinajstić information content (AvgIpc) is 2.49. The molecule has 0 heterocycles. The molecule has 5 heteroatoms. The minimum absolute atomic E-state index is 0.0597. The van der Waals surface area contributed by atoms with Gasteiger partial charge in [0.05, 0.1) is 16.5 Å². The van der Waals surface area contributed by atoms with Crippen LogP contribution >= 0.6 is 15.9 Å². The van der Waals surface area contributed by atoms with Crippen LogP contribution in [0.5, 0.6) is 0 Å². The molecule has 0 aliphatic heterocycles. The summed E-state index contributed by atoms with van der Waals surface area (Å²) in [5.74, 6) is -0.910. The molecule has 1 unspecified atom stereocenters. The molecule has 0 saturated carbocycles. The van der Waals surface area contributed by atoms with Crippen molar-refractivity contribution in [1.29, 1.82) is 0 Å². The summed E-state index contributed by atoms with van der Waals surface area (Å²) >= 11 is 3.56. The molecule has 0 fully saturated rings. The van der Waals surface area contributed by atoms with Crippen LogP contribution in [0.3, 0.4) is 0 Å². The maximum atomic E-state index is 10.7. The van der Waals surface area contributed by atoms with Crippen LogP contribution in [0.1, 0.15) is 24.8 Å². The third-order valence-corrected chi connectivity index (χ3v) is 4.48. The molecule has 0 aromatic heterocycles. The quantitative estimate of drug-likeness (QED) is 0.367. The van der Waals surface area contributed by atoms with E-state index >= 15 is 0 Å². The van der Waals surface area contributed by atoms with E-state index in [4.69, 9.17) is 10.3 Å². The maximum Gasteiger partial charge on any atom is 0.303 e. The van der Waals surface area contributed by atoms with Crippen LogP contribution in [0.15, 0.2) is 53.7 Å². The molecule has 21 heavy (non-hydrogen) atoms. The predicted molar refractivity (Wildman–Crippen MR) is 85.9 cm³/mol. The highest BCUT2D eigenvalue weighted by Crippen LogP contribution is 2.35. The highest BCUT2D eigenvalue weighted by Gasteiger charge is 2.32. The molecule has 1 aromatic carbocycles. The van der Waals surface area contributed by atoms with Crippen molar-refractivity contribution in [2.45, 2.75) is 23.6 Å². The van der Waals surface area contributed by atoms with Crippen LogP contribution in [-0.4, -0.2) is 26.3 Å². The highest BCUT2D eigenvalue weighted by molar-refractivity contribution is 9.10. The number of carbonyl (C=O) groups is 1. The fourth-order valence-corrected chi connectivity index (χ4v) is 2.81. The van der Waals surface area contributed by atoms with Gasteiger partial charge in [0.2, 0.25) is 0 Å². The molecule has 110 valence electrons. The summed E-state index contributed by atoms with van der Waals surface area (Å²) in [5, 5.41) is 21.2. The minimum Gasteiger partial charge on any atom is -0.481 e.